The highest BCUT2D eigenvalue weighted by atomic mass is 35.5. The first-order valence-electron chi connectivity index (χ1n) is 7.49. The van der Waals surface area contributed by atoms with Crippen LogP contribution in [0.2, 0.25) is 15.1 Å². The van der Waals surface area contributed by atoms with Gasteiger partial charge in [0.2, 0.25) is 5.88 Å². The molecule has 0 radical (unpaired) electrons. The zero-order chi connectivity index (χ0) is 19.6. The lowest BCUT2D eigenvalue weighted by atomic mass is 10.3. The van der Waals surface area contributed by atoms with Crippen molar-refractivity contribution >= 4 is 50.5 Å². The van der Waals surface area contributed by atoms with Crippen LogP contribution in [0.4, 0.5) is 5.69 Å². The van der Waals surface area contributed by atoms with Crippen LogP contribution in [0.15, 0.2) is 53.7 Å². The highest BCUT2D eigenvalue weighted by molar-refractivity contribution is 7.92. The average molecular weight is 445 g/mol. The van der Waals surface area contributed by atoms with E-state index >= 15 is 0 Å². The van der Waals surface area contributed by atoms with Crippen molar-refractivity contribution in [2.75, 3.05) is 4.72 Å². The minimum atomic E-state index is -4.07. The molecule has 10 heteroatoms. The molecule has 3 aromatic rings. The summed E-state index contributed by atoms with van der Waals surface area (Å²) >= 11 is 17.9. The third-order valence-corrected chi connectivity index (χ3v) is 5.70. The van der Waals surface area contributed by atoms with Crippen molar-refractivity contribution in [1.29, 1.82) is 0 Å². The Hall–Kier alpha value is -2.06. The maximum Gasteiger partial charge on any atom is 0.263 e. The van der Waals surface area contributed by atoms with Crippen molar-refractivity contribution in [2.45, 2.75) is 11.8 Å². The van der Waals surface area contributed by atoms with Gasteiger partial charge >= 0.3 is 0 Å². The molecule has 0 aliphatic carbocycles. The van der Waals surface area contributed by atoms with Crippen LogP contribution >= 0.6 is 34.8 Å². The second kappa shape index (κ2) is 7.90. The molecule has 2 heterocycles. The molecule has 0 unspecified atom stereocenters. The molecular weight excluding hydrogens is 433 g/mol. The van der Waals surface area contributed by atoms with Crippen LogP contribution in [0.25, 0.3) is 0 Å². The summed E-state index contributed by atoms with van der Waals surface area (Å²) in [5, 5.41) is 0.471. The van der Waals surface area contributed by atoms with E-state index in [0.717, 1.165) is 0 Å². The number of hydrogen-bond acceptors (Lipinski definition) is 5. The third-order valence-electron chi connectivity index (χ3n) is 3.41. The molecule has 0 aliphatic heterocycles. The fourth-order valence-electron chi connectivity index (χ4n) is 2.15. The summed E-state index contributed by atoms with van der Waals surface area (Å²) in [6.45, 7) is 1.75. The second-order valence-electron chi connectivity index (χ2n) is 5.38. The molecule has 0 saturated carbocycles. The molecule has 0 bridgehead atoms. The number of aromatic nitrogens is 2. The minimum Gasteiger partial charge on any atom is -0.435 e. The molecular formula is C17H12Cl3N3O3S. The van der Waals surface area contributed by atoms with Crippen molar-refractivity contribution < 1.29 is 13.2 Å². The van der Waals surface area contributed by atoms with Gasteiger partial charge in [0.05, 0.1) is 15.7 Å². The Balaban J connectivity index is 2.00. The molecule has 0 amide bonds. The summed E-state index contributed by atoms with van der Waals surface area (Å²) in [7, 11) is -4.07. The molecule has 1 aromatic carbocycles. The van der Waals surface area contributed by atoms with Gasteiger partial charge in [-0.25, -0.2) is 13.4 Å². The van der Waals surface area contributed by atoms with Crippen molar-refractivity contribution in [1.82, 2.24) is 9.97 Å². The standard InChI is InChI=1S/C17H12Cl3N3O3S/c1-10-15(3-2-6-21-10)26-17-14(7-12(19)9-22-17)23-27(24,25)16-8-11(18)4-5-13(16)20/h2-9,23H,1H3. The topological polar surface area (TPSA) is 81.2 Å². The molecule has 0 spiro atoms. The minimum absolute atomic E-state index is 0.0113. The maximum atomic E-state index is 12.8. The van der Waals surface area contributed by atoms with Gasteiger partial charge in [-0.05, 0) is 43.3 Å². The van der Waals surface area contributed by atoms with E-state index in [0.29, 0.717) is 11.4 Å². The molecule has 0 fully saturated rings. The Labute approximate surface area is 171 Å². The number of benzene rings is 1. The average Bonchev–Trinajstić information content (AvgIpc) is 2.61. The largest absolute Gasteiger partial charge is 0.435 e. The number of hydrogen-bond donors (Lipinski definition) is 1. The van der Waals surface area contributed by atoms with Gasteiger partial charge in [-0.2, -0.15) is 0 Å². The molecule has 0 aliphatic rings. The van der Waals surface area contributed by atoms with Crippen LogP contribution in [-0.2, 0) is 10.0 Å². The zero-order valence-electron chi connectivity index (χ0n) is 13.8. The predicted molar refractivity (Wildman–Crippen MR) is 106 cm³/mol. The van der Waals surface area contributed by atoms with Gasteiger partial charge in [0.25, 0.3) is 10.0 Å². The molecule has 3 rings (SSSR count). The molecule has 6 nitrogen and oxygen atoms in total. The lowest BCUT2D eigenvalue weighted by Gasteiger charge is -2.14. The molecule has 2 aromatic heterocycles. The first-order chi connectivity index (χ1) is 12.8. The number of ether oxygens (including phenoxy) is 1. The first-order valence-corrected chi connectivity index (χ1v) is 10.1. The van der Waals surface area contributed by atoms with Crippen molar-refractivity contribution in [2.24, 2.45) is 0 Å². The Kier molecular flexibility index (Phi) is 5.76. The van der Waals surface area contributed by atoms with E-state index in [9.17, 15) is 8.42 Å². The highest BCUT2D eigenvalue weighted by Gasteiger charge is 2.22. The number of pyridine rings is 2. The zero-order valence-corrected chi connectivity index (χ0v) is 16.9. The summed E-state index contributed by atoms with van der Waals surface area (Å²) in [6.07, 6.45) is 2.95. The van der Waals surface area contributed by atoms with Crippen LogP contribution in [0, 0.1) is 6.92 Å². The smallest absolute Gasteiger partial charge is 0.263 e. The van der Waals surface area contributed by atoms with E-state index in [2.05, 4.69) is 14.7 Å². The van der Waals surface area contributed by atoms with Gasteiger partial charge in [-0.15, -0.1) is 0 Å². The van der Waals surface area contributed by atoms with Crippen molar-refractivity contribution in [3.8, 4) is 11.6 Å². The first kappa shape index (κ1) is 19.7. The fraction of sp³-hybridized carbons (Fsp3) is 0.0588. The summed E-state index contributed by atoms with van der Waals surface area (Å²) < 4.78 is 33.6. The highest BCUT2D eigenvalue weighted by Crippen LogP contribution is 2.33. The Morgan fingerprint density at radius 2 is 1.81 bits per heavy atom. The fourth-order valence-corrected chi connectivity index (χ4v) is 4.12. The van der Waals surface area contributed by atoms with Crippen LogP contribution in [0.3, 0.4) is 0 Å². The van der Waals surface area contributed by atoms with Crippen LogP contribution < -0.4 is 9.46 Å². The number of nitrogens with zero attached hydrogens (tertiary/aromatic N) is 2. The Morgan fingerprint density at radius 1 is 1.04 bits per heavy atom. The third kappa shape index (κ3) is 4.62. The number of anilines is 1. The maximum absolute atomic E-state index is 12.8. The van der Waals surface area contributed by atoms with Gasteiger partial charge in [0.15, 0.2) is 5.75 Å². The van der Waals surface area contributed by atoms with E-state index < -0.39 is 10.0 Å². The number of nitrogens with one attached hydrogen (secondary N) is 1. The van der Waals surface area contributed by atoms with Crippen molar-refractivity contribution in [3.63, 3.8) is 0 Å². The van der Waals surface area contributed by atoms with E-state index in [4.69, 9.17) is 39.5 Å². The van der Waals surface area contributed by atoms with E-state index in [1.807, 2.05) is 0 Å². The molecule has 27 heavy (non-hydrogen) atoms. The second-order valence-corrected chi connectivity index (χ2v) is 8.31. The van der Waals surface area contributed by atoms with Gasteiger partial charge in [0.1, 0.15) is 10.6 Å². The number of sulfonamides is 1. The number of rotatable bonds is 5. The van der Waals surface area contributed by atoms with Crippen LogP contribution in [0.1, 0.15) is 5.69 Å². The van der Waals surface area contributed by atoms with Gasteiger partial charge in [-0.3, -0.25) is 9.71 Å². The van der Waals surface area contributed by atoms with Gasteiger partial charge in [-0.1, -0.05) is 34.8 Å². The van der Waals surface area contributed by atoms with Gasteiger partial charge in [0, 0.05) is 17.4 Å². The summed E-state index contributed by atoms with van der Waals surface area (Å²) in [5.41, 5.74) is 0.655. The van der Waals surface area contributed by atoms with Crippen LogP contribution in [-0.4, -0.2) is 18.4 Å². The van der Waals surface area contributed by atoms with Gasteiger partial charge < -0.3 is 4.74 Å². The number of halogens is 3. The SMILES string of the molecule is Cc1ncccc1Oc1ncc(Cl)cc1NS(=O)(=O)c1cc(Cl)ccc1Cl. The Bertz CT molecular complexity index is 1110. The normalized spacial score (nSPS) is 11.3. The van der Waals surface area contributed by atoms with Crippen LogP contribution in [0.5, 0.6) is 11.6 Å². The van der Waals surface area contributed by atoms with E-state index in [-0.39, 0.29) is 31.5 Å². The lowest BCUT2D eigenvalue weighted by Crippen LogP contribution is -2.14. The van der Waals surface area contributed by atoms with E-state index in [1.165, 1.54) is 30.5 Å². The van der Waals surface area contributed by atoms with E-state index in [1.54, 1.807) is 25.3 Å². The predicted octanol–water partition coefficient (Wildman–Crippen LogP) is 5.34. The van der Waals surface area contributed by atoms with Crippen molar-refractivity contribution in [3.05, 3.63) is 69.6 Å². The number of aryl methyl sites for hydroxylation is 1. The Morgan fingerprint density at radius 3 is 2.56 bits per heavy atom. The molecule has 0 atom stereocenters. The lowest BCUT2D eigenvalue weighted by molar-refractivity contribution is 0.459. The summed E-state index contributed by atoms with van der Waals surface area (Å²) in [4.78, 5) is 8.00. The molecule has 0 saturated heterocycles. The molecule has 1 N–H and O–H groups in total. The quantitative estimate of drug-likeness (QED) is 0.574. The monoisotopic (exact) mass is 443 g/mol. The summed E-state index contributed by atoms with van der Waals surface area (Å²) in [5.74, 6) is 0.436. The summed E-state index contributed by atoms with van der Waals surface area (Å²) in [6, 6.07) is 8.88. The molecule has 140 valence electrons.